The average Bonchev–Trinajstić information content (AvgIpc) is 2.92. The Morgan fingerprint density at radius 3 is 2.26 bits per heavy atom. The highest BCUT2D eigenvalue weighted by Gasteiger charge is 2.38. The van der Waals surface area contributed by atoms with Gasteiger partial charge in [0.05, 0.1) is 12.5 Å². The summed E-state index contributed by atoms with van der Waals surface area (Å²) in [5.41, 5.74) is 2.51. The van der Waals surface area contributed by atoms with E-state index in [9.17, 15) is 4.79 Å². The molecule has 0 bridgehead atoms. The van der Waals surface area contributed by atoms with E-state index in [1.54, 1.807) is 0 Å². The second kappa shape index (κ2) is 6.97. The molecule has 0 N–H and O–H groups in total. The van der Waals surface area contributed by atoms with Crippen molar-refractivity contribution in [3.8, 4) is 0 Å². The monoisotopic (exact) mass is 309 g/mol. The van der Waals surface area contributed by atoms with Gasteiger partial charge in [0, 0.05) is 12.6 Å². The van der Waals surface area contributed by atoms with Crippen LogP contribution in [0.4, 0.5) is 0 Å². The van der Waals surface area contributed by atoms with Crippen molar-refractivity contribution < 1.29 is 9.53 Å². The van der Waals surface area contributed by atoms with Gasteiger partial charge >= 0.3 is 5.97 Å². The van der Waals surface area contributed by atoms with Crippen molar-refractivity contribution in [3.63, 3.8) is 0 Å². The second-order valence-electron chi connectivity index (χ2n) is 6.21. The molecule has 0 radical (unpaired) electrons. The third-order valence-electron chi connectivity index (χ3n) is 4.65. The van der Waals surface area contributed by atoms with Crippen molar-refractivity contribution in [2.45, 2.75) is 45.0 Å². The smallest absolute Gasteiger partial charge is 0.307 e. The van der Waals surface area contributed by atoms with Gasteiger partial charge < -0.3 is 4.74 Å². The van der Waals surface area contributed by atoms with Crippen LogP contribution in [0.2, 0.25) is 0 Å². The molecule has 1 fully saturated rings. The first-order valence-corrected chi connectivity index (χ1v) is 8.19. The Morgan fingerprint density at radius 2 is 1.70 bits per heavy atom. The number of carbonyl (C=O) groups is 1. The number of cyclic esters (lactones) is 1. The van der Waals surface area contributed by atoms with E-state index in [1.165, 1.54) is 11.1 Å². The third-order valence-corrected chi connectivity index (χ3v) is 4.65. The average molecular weight is 309 g/mol. The highest BCUT2D eigenvalue weighted by Crippen LogP contribution is 2.31. The van der Waals surface area contributed by atoms with Gasteiger partial charge in [0.2, 0.25) is 0 Å². The van der Waals surface area contributed by atoms with Crippen molar-refractivity contribution in [2.24, 2.45) is 0 Å². The van der Waals surface area contributed by atoms with Crippen LogP contribution >= 0.6 is 0 Å². The Bertz CT molecular complexity index is 641. The minimum Gasteiger partial charge on any atom is -0.461 e. The third kappa shape index (κ3) is 3.62. The van der Waals surface area contributed by atoms with Crippen molar-refractivity contribution in [1.82, 2.24) is 4.90 Å². The van der Waals surface area contributed by atoms with Crippen molar-refractivity contribution in [3.05, 3.63) is 71.8 Å². The molecule has 1 aliphatic heterocycles. The van der Waals surface area contributed by atoms with Crippen molar-refractivity contribution in [2.75, 3.05) is 0 Å². The maximum Gasteiger partial charge on any atom is 0.307 e. The lowest BCUT2D eigenvalue weighted by molar-refractivity contribution is -0.140. The maximum absolute atomic E-state index is 11.7. The molecular weight excluding hydrogens is 286 g/mol. The van der Waals surface area contributed by atoms with E-state index in [0.29, 0.717) is 6.42 Å². The summed E-state index contributed by atoms with van der Waals surface area (Å²) >= 11 is 0. The lowest BCUT2D eigenvalue weighted by Crippen LogP contribution is -2.41. The van der Waals surface area contributed by atoms with Crippen LogP contribution in [0.15, 0.2) is 60.7 Å². The van der Waals surface area contributed by atoms with E-state index < -0.39 is 0 Å². The Labute approximate surface area is 137 Å². The summed E-state index contributed by atoms with van der Waals surface area (Å²) in [6.07, 6.45) is 0.392. The maximum atomic E-state index is 11.7. The molecule has 3 rings (SSSR count). The molecule has 3 atom stereocenters. The minimum absolute atomic E-state index is 0.0719. The molecule has 23 heavy (non-hydrogen) atoms. The van der Waals surface area contributed by atoms with Gasteiger partial charge in [-0.05, 0) is 25.0 Å². The highest BCUT2D eigenvalue weighted by atomic mass is 16.6. The lowest BCUT2D eigenvalue weighted by Gasteiger charge is -2.35. The fourth-order valence-electron chi connectivity index (χ4n) is 3.32. The molecule has 2 aromatic rings. The fourth-order valence-corrected chi connectivity index (χ4v) is 3.32. The summed E-state index contributed by atoms with van der Waals surface area (Å²) in [6.45, 7) is 5.00. The van der Waals surface area contributed by atoms with Crippen LogP contribution in [-0.4, -0.2) is 23.0 Å². The minimum atomic E-state index is -0.0965. The largest absolute Gasteiger partial charge is 0.461 e. The van der Waals surface area contributed by atoms with Gasteiger partial charge in [0.25, 0.3) is 0 Å². The SMILES string of the molecule is C[C@@H]1OC(=O)C[C@@H]1N(Cc1ccccc1)[C@H](C)c1ccccc1. The first-order chi connectivity index (χ1) is 11.1. The zero-order chi connectivity index (χ0) is 16.2. The number of rotatable bonds is 5. The van der Waals surface area contributed by atoms with Crippen LogP contribution in [0.5, 0.6) is 0 Å². The van der Waals surface area contributed by atoms with E-state index in [2.05, 4.69) is 60.4 Å². The standard InChI is InChI=1S/C20H23NO2/c1-15(18-11-7-4-8-12-18)21(14-17-9-5-3-6-10-17)19-13-20(22)23-16(19)2/h3-12,15-16,19H,13-14H2,1-2H3/t15-,16+,19+/m1/s1. The molecule has 0 spiro atoms. The van der Waals surface area contributed by atoms with Crippen LogP contribution in [-0.2, 0) is 16.1 Å². The lowest BCUT2D eigenvalue weighted by atomic mass is 10.0. The van der Waals surface area contributed by atoms with Gasteiger partial charge in [0.1, 0.15) is 6.10 Å². The molecule has 120 valence electrons. The van der Waals surface area contributed by atoms with Gasteiger partial charge in [-0.3, -0.25) is 9.69 Å². The molecule has 1 saturated heterocycles. The van der Waals surface area contributed by atoms with Crippen LogP contribution in [0, 0.1) is 0 Å². The summed E-state index contributed by atoms with van der Waals surface area (Å²) in [4.78, 5) is 14.1. The van der Waals surface area contributed by atoms with E-state index in [1.807, 2.05) is 19.1 Å². The van der Waals surface area contributed by atoms with Gasteiger partial charge in [-0.2, -0.15) is 0 Å². The fraction of sp³-hybridized carbons (Fsp3) is 0.350. The Hall–Kier alpha value is -2.13. The molecule has 3 nitrogen and oxygen atoms in total. The number of benzene rings is 2. The van der Waals surface area contributed by atoms with Gasteiger partial charge in [-0.15, -0.1) is 0 Å². The molecular formula is C20H23NO2. The summed E-state index contributed by atoms with van der Waals surface area (Å²) in [5, 5.41) is 0. The number of esters is 1. The van der Waals surface area contributed by atoms with Gasteiger partial charge in [0.15, 0.2) is 0 Å². The second-order valence-corrected chi connectivity index (χ2v) is 6.21. The van der Waals surface area contributed by atoms with E-state index in [4.69, 9.17) is 4.74 Å². The van der Waals surface area contributed by atoms with Crippen molar-refractivity contribution >= 4 is 5.97 Å². The molecule has 0 saturated carbocycles. The topological polar surface area (TPSA) is 29.5 Å². The zero-order valence-electron chi connectivity index (χ0n) is 13.7. The first kappa shape index (κ1) is 15.8. The number of nitrogens with zero attached hydrogens (tertiary/aromatic N) is 1. The van der Waals surface area contributed by atoms with Crippen LogP contribution < -0.4 is 0 Å². The van der Waals surface area contributed by atoms with Crippen LogP contribution in [0.25, 0.3) is 0 Å². The van der Waals surface area contributed by atoms with Gasteiger partial charge in [-0.25, -0.2) is 0 Å². The number of hydrogen-bond donors (Lipinski definition) is 0. The van der Waals surface area contributed by atoms with E-state index in [-0.39, 0.29) is 24.2 Å². The molecule has 0 amide bonds. The van der Waals surface area contributed by atoms with Crippen LogP contribution in [0.1, 0.15) is 37.4 Å². The Balaban J connectivity index is 1.88. The molecule has 0 unspecified atom stereocenters. The number of carbonyl (C=O) groups excluding carboxylic acids is 1. The predicted molar refractivity (Wildman–Crippen MR) is 90.8 cm³/mol. The van der Waals surface area contributed by atoms with Gasteiger partial charge in [-0.1, -0.05) is 60.7 Å². The molecule has 1 aliphatic rings. The quantitative estimate of drug-likeness (QED) is 0.783. The molecule has 1 heterocycles. The molecule has 0 aliphatic carbocycles. The first-order valence-electron chi connectivity index (χ1n) is 8.19. The highest BCUT2D eigenvalue weighted by molar-refractivity contribution is 5.72. The molecule has 2 aromatic carbocycles. The normalized spacial score (nSPS) is 22.1. The molecule has 3 heteroatoms. The van der Waals surface area contributed by atoms with E-state index >= 15 is 0 Å². The Kier molecular flexibility index (Phi) is 4.77. The molecule has 0 aromatic heterocycles. The summed E-state index contributed by atoms with van der Waals surface area (Å²) in [5.74, 6) is -0.0965. The number of hydrogen-bond acceptors (Lipinski definition) is 3. The summed E-state index contributed by atoms with van der Waals surface area (Å²) < 4.78 is 5.40. The predicted octanol–water partition coefficient (Wildman–Crippen LogP) is 3.95. The zero-order valence-corrected chi connectivity index (χ0v) is 13.7. The number of ether oxygens (including phenoxy) is 1. The summed E-state index contributed by atoms with van der Waals surface area (Å²) in [6, 6.07) is 21.2. The Morgan fingerprint density at radius 1 is 1.09 bits per heavy atom. The van der Waals surface area contributed by atoms with E-state index in [0.717, 1.165) is 6.54 Å². The summed E-state index contributed by atoms with van der Waals surface area (Å²) in [7, 11) is 0. The van der Waals surface area contributed by atoms with Crippen molar-refractivity contribution in [1.29, 1.82) is 0 Å². The van der Waals surface area contributed by atoms with Crippen LogP contribution in [0.3, 0.4) is 0 Å².